The molecule has 0 saturated carbocycles. The van der Waals surface area contributed by atoms with Crippen LogP contribution in [0.1, 0.15) is 13.8 Å². The number of rotatable bonds is 5. The van der Waals surface area contributed by atoms with Gasteiger partial charge in [-0.2, -0.15) is 0 Å². The zero-order valence-corrected chi connectivity index (χ0v) is 11.2. The van der Waals surface area contributed by atoms with Crippen LogP contribution in [0.3, 0.4) is 0 Å². The zero-order valence-electron chi connectivity index (χ0n) is 11.2. The van der Waals surface area contributed by atoms with Crippen LogP contribution in [-0.4, -0.2) is 26.7 Å². The second kappa shape index (κ2) is 5.62. The van der Waals surface area contributed by atoms with Gasteiger partial charge in [0.05, 0.1) is 25.3 Å². The second-order valence-electron chi connectivity index (χ2n) is 4.69. The fourth-order valence-corrected chi connectivity index (χ4v) is 1.49. The van der Waals surface area contributed by atoms with Crippen molar-refractivity contribution in [2.75, 3.05) is 31.8 Å². The summed E-state index contributed by atoms with van der Waals surface area (Å²) in [6.07, 6.45) is 0. The molecule has 0 aliphatic carbocycles. The van der Waals surface area contributed by atoms with Crippen LogP contribution in [0.4, 0.5) is 11.4 Å². The molecular formula is C13H20N2O3. The minimum absolute atomic E-state index is 0.252. The molecular weight excluding hydrogens is 232 g/mol. The molecule has 3 N–H and O–H groups in total. The van der Waals surface area contributed by atoms with Crippen LogP contribution in [0.15, 0.2) is 18.2 Å². The first-order chi connectivity index (χ1) is 8.40. The topological polar surface area (TPSA) is 73.6 Å². The van der Waals surface area contributed by atoms with Gasteiger partial charge in [-0.25, -0.2) is 0 Å². The third-order valence-electron chi connectivity index (χ3n) is 2.71. The van der Waals surface area contributed by atoms with Crippen molar-refractivity contribution >= 4 is 17.3 Å². The third kappa shape index (κ3) is 3.29. The van der Waals surface area contributed by atoms with E-state index in [4.69, 9.17) is 15.2 Å². The highest BCUT2D eigenvalue weighted by molar-refractivity contribution is 5.76. The van der Waals surface area contributed by atoms with Gasteiger partial charge in [0.1, 0.15) is 5.75 Å². The van der Waals surface area contributed by atoms with E-state index in [9.17, 15) is 4.79 Å². The molecule has 0 atom stereocenters. The van der Waals surface area contributed by atoms with Crippen LogP contribution in [0, 0.1) is 5.41 Å². The second-order valence-corrected chi connectivity index (χ2v) is 4.69. The molecule has 1 aromatic rings. The third-order valence-corrected chi connectivity index (χ3v) is 2.71. The Balaban J connectivity index is 2.72. The zero-order chi connectivity index (χ0) is 13.8. The van der Waals surface area contributed by atoms with Gasteiger partial charge < -0.3 is 20.5 Å². The van der Waals surface area contributed by atoms with Gasteiger partial charge in [0.2, 0.25) is 0 Å². The SMILES string of the molecule is COC(=O)C(C)(C)CNc1ccc(N)c(OC)c1. The summed E-state index contributed by atoms with van der Waals surface area (Å²) in [4.78, 5) is 11.5. The number of nitrogen functional groups attached to an aromatic ring is 1. The number of ether oxygens (including phenoxy) is 2. The molecule has 0 radical (unpaired) electrons. The Bertz CT molecular complexity index is 430. The van der Waals surface area contributed by atoms with E-state index < -0.39 is 5.41 Å². The van der Waals surface area contributed by atoms with E-state index in [2.05, 4.69) is 5.32 Å². The Hall–Kier alpha value is -1.91. The molecule has 5 nitrogen and oxygen atoms in total. The number of esters is 1. The van der Waals surface area contributed by atoms with Crippen molar-refractivity contribution in [3.8, 4) is 5.75 Å². The maximum absolute atomic E-state index is 11.5. The summed E-state index contributed by atoms with van der Waals surface area (Å²) in [7, 11) is 2.95. The van der Waals surface area contributed by atoms with E-state index in [0.29, 0.717) is 18.0 Å². The van der Waals surface area contributed by atoms with Crippen LogP contribution in [0.25, 0.3) is 0 Å². The van der Waals surface area contributed by atoms with Gasteiger partial charge in [-0.3, -0.25) is 4.79 Å². The van der Waals surface area contributed by atoms with Crippen LogP contribution in [-0.2, 0) is 9.53 Å². The van der Waals surface area contributed by atoms with E-state index in [-0.39, 0.29) is 5.97 Å². The average molecular weight is 252 g/mol. The van der Waals surface area contributed by atoms with Gasteiger partial charge in [-0.1, -0.05) is 0 Å². The van der Waals surface area contributed by atoms with Gasteiger partial charge in [0.25, 0.3) is 0 Å². The van der Waals surface area contributed by atoms with E-state index in [0.717, 1.165) is 5.69 Å². The quantitative estimate of drug-likeness (QED) is 0.618. The highest BCUT2D eigenvalue weighted by Crippen LogP contribution is 2.26. The van der Waals surface area contributed by atoms with E-state index in [1.54, 1.807) is 19.2 Å². The lowest BCUT2D eigenvalue weighted by atomic mass is 9.93. The molecule has 0 aliphatic heterocycles. The molecule has 0 bridgehead atoms. The Labute approximate surface area is 107 Å². The molecule has 0 heterocycles. The van der Waals surface area contributed by atoms with Gasteiger partial charge in [0, 0.05) is 18.3 Å². The number of methoxy groups -OCH3 is 2. The van der Waals surface area contributed by atoms with Crippen molar-refractivity contribution in [3.63, 3.8) is 0 Å². The van der Waals surface area contributed by atoms with E-state index >= 15 is 0 Å². The van der Waals surface area contributed by atoms with Crippen molar-refractivity contribution in [2.24, 2.45) is 5.41 Å². The van der Waals surface area contributed by atoms with Crippen LogP contribution >= 0.6 is 0 Å². The number of benzene rings is 1. The predicted octanol–water partition coefficient (Wildman–Crippen LogP) is 1.89. The predicted molar refractivity (Wildman–Crippen MR) is 71.7 cm³/mol. The van der Waals surface area contributed by atoms with Crippen molar-refractivity contribution in [3.05, 3.63) is 18.2 Å². The van der Waals surface area contributed by atoms with E-state index in [1.165, 1.54) is 7.11 Å². The summed E-state index contributed by atoms with van der Waals surface area (Å²) < 4.78 is 9.87. The molecule has 0 unspecified atom stereocenters. The van der Waals surface area contributed by atoms with Gasteiger partial charge in [-0.15, -0.1) is 0 Å². The van der Waals surface area contributed by atoms with Crippen molar-refractivity contribution in [1.82, 2.24) is 0 Å². The Kier molecular flexibility index (Phi) is 4.42. The fraction of sp³-hybridized carbons (Fsp3) is 0.462. The number of carbonyl (C=O) groups is 1. The normalized spacial score (nSPS) is 10.9. The largest absolute Gasteiger partial charge is 0.495 e. The molecule has 0 aliphatic rings. The molecule has 1 rings (SSSR count). The lowest BCUT2D eigenvalue weighted by Gasteiger charge is -2.22. The number of anilines is 2. The van der Waals surface area contributed by atoms with Gasteiger partial charge in [-0.05, 0) is 26.0 Å². The summed E-state index contributed by atoms with van der Waals surface area (Å²) >= 11 is 0. The van der Waals surface area contributed by atoms with E-state index in [1.807, 2.05) is 19.9 Å². The molecule has 0 amide bonds. The molecule has 5 heteroatoms. The minimum atomic E-state index is -0.594. The van der Waals surface area contributed by atoms with Gasteiger partial charge >= 0.3 is 5.97 Å². The Morgan fingerprint density at radius 2 is 2.06 bits per heavy atom. The molecule has 18 heavy (non-hydrogen) atoms. The number of hydrogen-bond acceptors (Lipinski definition) is 5. The highest BCUT2D eigenvalue weighted by atomic mass is 16.5. The summed E-state index contributed by atoms with van der Waals surface area (Å²) in [6.45, 7) is 4.10. The Morgan fingerprint density at radius 3 is 2.61 bits per heavy atom. The first-order valence-electron chi connectivity index (χ1n) is 5.66. The smallest absolute Gasteiger partial charge is 0.313 e. The van der Waals surface area contributed by atoms with Crippen molar-refractivity contribution in [1.29, 1.82) is 0 Å². The standard InChI is InChI=1S/C13H20N2O3/c1-13(2,12(16)18-4)8-15-9-5-6-10(14)11(7-9)17-3/h5-7,15H,8,14H2,1-4H3. The molecule has 0 saturated heterocycles. The minimum Gasteiger partial charge on any atom is -0.495 e. The maximum atomic E-state index is 11.5. The monoisotopic (exact) mass is 252 g/mol. The number of nitrogens with two attached hydrogens (primary N) is 1. The fourth-order valence-electron chi connectivity index (χ4n) is 1.49. The summed E-state index contributed by atoms with van der Waals surface area (Å²) in [5, 5.41) is 3.17. The molecule has 0 aromatic heterocycles. The number of nitrogens with one attached hydrogen (secondary N) is 1. The van der Waals surface area contributed by atoms with Crippen molar-refractivity contribution in [2.45, 2.75) is 13.8 Å². The van der Waals surface area contributed by atoms with Crippen LogP contribution in [0.5, 0.6) is 5.75 Å². The number of hydrogen-bond donors (Lipinski definition) is 2. The summed E-state index contributed by atoms with van der Waals surface area (Å²) in [6, 6.07) is 5.39. The summed E-state index contributed by atoms with van der Waals surface area (Å²) in [5.41, 5.74) is 6.56. The van der Waals surface area contributed by atoms with Gasteiger partial charge in [0.15, 0.2) is 0 Å². The molecule has 0 spiro atoms. The first-order valence-corrected chi connectivity index (χ1v) is 5.66. The highest BCUT2D eigenvalue weighted by Gasteiger charge is 2.28. The lowest BCUT2D eigenvalue weighted by Crippen LogP contribution is -2.33. The summed E-state index contributed by atoms with van der Waals surface area (Å²) in [5.74, 6) is 0.355. The first kappa shape index (κ1) is 14.2. The maximum Gasteiger partial charge on any atom is 0.313 e. The molecule has 100 valence electrons. The van der Waals surface area contributed by atoms with Crippen molar-refractivity contribution < 1.29 is 14.3 Å². The van der Waals surface area contributed by atoms with Crippen LogP contribution in [0.2, 0.25) is 0 Å². The average Bonchev–Trinajstić information content (AvgIpc) is 2.36. The number of carbonyl (C=O) groups excluding carboxylic acids is 1. The van der Waals surface area contributed by atoms with Crippen LogP contribution < -0.4 is 15.8 Å². The molecule has 1 aromatic carbocycles. The Morgan fingerprint density at radius 1 is 1.39 bits per heavy atom. The lowest BCUT2D eigenvalue weighted by molar-refractivity contribution is -0.149. The molecule has 0 fully saturated rings.